The summed E-state index contributed by atoms with van der Waals surface area (Å²) in [5.74, 6) is -0.868. The van der Waals surface area contributed by atoms with Gasteiger partial charge in [-0.25, -0.2) is 4.79 Å². The number of aryl methyl sites for hydroxylation is 3. The van der Waals surface area contributed by atoms with Crippen LogP contribution < -0.4 is 5.32 Å². The molecule has 1 N–H and O–H groups in total. The molecule has 0 aliphatic rings. The summed E-state index contributed by atoms with van der Waals surface area (Å²) in [6, 6.07) is 5.59. The maximum absolute atomic E-state index is 12.4. The smallest absolute Gasteiger partial charge is 0.360 e. The minimum Gasteiger partial charge on any atom is -0.464 e. The number of aromatic nitrogens is 2. The van der Waals surface area contributed by atoms with Crippen molar-refractivity contribution in [1.82, 2.24) is 9.78 Å². The maximum atomic E-state index is 12.4. The van der Waals surface area contributed by atoms with Gasteiger partial charge in [-0.2, -0.15) is 5.10 Å². The quantitative estimate of drug-likeness (QED) is 0.883. The fourth-order valence-corrected chi connectivity index (χ4v) is 2.29. The van der Waals surface area contributed by atoms with Crippen LogP contribution in [0.4, 0.5) is 5.69 Å². The molecule has 6 heteroatoms. The largest absolute Gasteiger partial charge is 0.464 e. The summed E-state index contributed by atoms with van der Waals surface area (Å²) in [6.07, 6.45) is 0. The first-order chi connectivity index (χ1) is 10.3. The van der Waals surface area contributed by atoms with E-state index in [1.807, 2.05) is 19.9 Å². The van der Waals surface area contributed by atoms with Gasteiger partial charge in [0.25, 0.3) is 5.91 Å². The van der Waals surface area contributed by atoms with Crippen LogP contribution in [0.2, 0.25) is 0 Å². The molecule has 0 aliphatic heterocycles. The fourth-order valence-electron chi connectivity index (χ4n) is 2.29. The SMILES string of the molecule is COC(=O)c1nn(C)c(C)c1NC(=O)c1cc(C)cc(C)c1. The van der Waals surface area contributed by atoms with Gasteiger partial charge in [-0.3, -0.25) is 9.48 Å². The van der Waals surface area contributed by atoms with Gasteiger partial charge in [0.1, 0.15) is 0 Å². The molecule has 2 rings (SSSR count). The Morgan fingerprint density at radius 1 is 1.14 bits per heavy atom. The van der Waals surface area contributed by atoms with Crippen LogP contribution >= 0.6 is 0 Å². The van der Waals surface area contributed by atoms with E-state index in [1.54, 1.807) is 26.1 Å². The van der Waals surface area contributed by atoms with Gasteiger partial charge >= 0.3 is 5.97 Å². The molecule has 1 aromatic heterocycles. The van der Waals surface area contributed by atoms with E-state index in [1.165, 1.54) is 11.8 Å². The van der Waals surface area contributed by atoms with E-state index < -0.39 is 5.97 Å². The lowest BCUT2D eigenvalue weighted by molar-refractivity contribution is 0.0594. The van der Waals surface area contributed by atoms with Crippen molar-refractivity contribution in [2.45, 2.75) is 20.8 Å². The second kappa shape index (κ2) is 6.01. The zero-order valence-corrected chi connectivity index (χ0v) is 13.4. The molecule has 0 spiro atoms. The van der Waals surface area contributed by atoms with Gasteiger partial charge in [-0.1, -0.05) is 17.2 Å². The Hall–Kier alpha value is -2.63. The van der Waals surface area contributed by atoms with Gasteiger partial charge in [0.15, 0.2) is 5.69 Å². The minimum absolute atomic E-state index is 0.0974. The Morgan fingerprint density at radius 3 is 2.27 bits per heavy atom. The fraction of sp³-hybridized carbons (Fsp3) is 0.312. The number of hydrogen-bond acceptors (Lipinski definition) is 4. The maximum Gasteiger partial charge on any atom is 0.360 e. The van der Waals surface area contributed by atoms with Crippen molar-refractivity contribution in [1.29, 1.82) is 0 Å². The molecule has 6 nitrogen and oxygen atoms in total. The minimum atomic E-state index is -0.584. The summed E-state index contributed by atoms with van der Waals surface area (Å²) in [5, 5.41) is 6.85. The number of nitrogens with zero attached hydrogens (tertiary/aromatic N) is 2. The number of methoxy groups -OCH3 is 1. The Morgan fingerprint density at radius 2 is 1.73 bits per heavy atom. The number of rotatable bonds is 3. The highest BCUT2D eigenvalue weighted by atomic mass is 16.5. The molecule has 0 bridgehead atoms. The second-order valence-corrected chi connectivity index (χ2v) is 5.25. The first kappa shape index (κ1) is 15.8. The molecular weight excluding hydrogens is 282 g/mol. The molecule has 1 amide bonds. The Bertz CT molecular complexity index is 727. The molecule has 1 heterocycles. The van der Waals surface area contributed by atoms with Crippen LogP contribution in [0, 0.1) is 20.8 Å². The van der Waals surface area contributed by atoms with Crippen LogP contribution in [-0.2, 0) is 11.8 Å². The van der Waals surface area contributed by atoms with Crippen molar-refractivity contribution in [3.8, 4) is 0 Å². The standard InChI is InChI=1S/C16H19N3O3/c1-9-6-10(2)8-12(7-9)15(20)17-13-11(3)19(4)18-14(13)16(21)22-5/h6-8H,1-5H3,(H,17,20). The number of carbonyl (C=O) groups is 2. The molecule has 0 saturated carbocycles. The lowest BCUT2D eigenvalue weighted by Crippen LogP contribution is -2.15. The molecule has 22 heavy (non-hydrogen) atoms. The van der Waals surface area contributed by atoms with Crippen LogP contribution in [0.15, 0.2) is 18.2 Å². The molecule has 2 aromatic rings. The Balaban J connectivity index is 2.38. The van der Waals surface area contributed by atoms with E-state index >= 15 is 0 Å². The number of amides is 1. The third-order valence-corrected chi connectivity index (χ3v) is 3.44. The van der Waals surface area contributed by atoms with Gasteiger partial charge in [-0.15, -0.1) is 0 Å². The third-order valence-electron chi connectivity index (χ3n) is 3.44. The molecule has 0 saturated heterocycles. The predicted molar refractivity (Wildman–Crippen MR) is 83.2 cm³/mol. The summed E-state index contributed by atoms with van der Waals surface area (Å²) in [4.78, 5) is 24.2. The van der Waals surface area contributed by atoms with E-state index in [-0.39, 0.29) is 11.6 Å². The van der Waals surface area contributed by atoms with E-state index in [0.717, 1.165) is 11.1 Å². The van der Waals surface area contributed by atoms with E-state index in [4.69, 9.17) is 4.74 Å². The summed E-state index contributed by atoms with van der Waals surface area (Å²) >= 11 is 0. The summed E-state index contributed by atoms with van der Waals surface area (Å²) in [5.41, 5.74) is 3.69. The topological polar surface area (TPSA) is 73.2 Å². The highest BCUT2D eigenvalue weighted by molar-refractivity contribution is 6.08. The Kier molecular flexibility index (Phi) is 4.30. The molecule has 0 radical (unpaired) electrons. The average Bonchev–Trinajstić information content (AvgIpc) is 2.73. The van der Waals surface area contributed by atoms with Crippen molar-refractivity contribution >= 4 is 17.6 Å². The van der Waals surface area contributed by atoms with Gasteiger partial charge in [0.05, 0.1) is 18.5 Å². The first-order valence-electron chi connectivity index (χ1n) is 6.85. The lowest BCUT2D eigenvalue weighted by atomic mass is 10.1. The van der Waals surface area contributed by atoms with Crippen molar-refractivity contribution < 1.29 is 14.3 Å². The third kappa shape index (κ3) is 3.00. The highest BCUT2D eigenvalue weighted by Gasteiger charge is 2.22. The lowest BCUT2D eigenvalue weighted by Gasteiger charge is -2.08. The van der Waals surface area contributed by atoms with Crippen LogP contribution in [-0.4, -0.2) is 28.8 Å². The number of hydrogen-bond donors (Lipinski definition) is 1. The van der Waals surface area contributed by atoms with Crippen LogP contribution in [0.3, 0.4) is 0 Å². The van der Waals surface area contributed by atoms with Crippen molar-refractivity contribution in [2.24, 2.45) is 7.05 Å². The van der Waals surface area contributed by atoms with Crippen molar-refractivity contribution in [3.05, 3.63) is 46.3 Å². The molecule has 1 aromatic carbocycles. The molecular formula is C16H19N3O3. The molecule has 0 fully saturated rings. The van der Waals surface area contributed by atoms with Crippen LogP contribution in [0.1, 0.15) is 37.7 Å². The normalized spacial score (nSPS) is 10.4. The summed E-state index contributed by atoms with van der Waals surface area (Å²) in [6.45, 7) is 5.63. The zero-order chi connectivity index (χ0) is 16.4. The number of nitrogens with one attached hydrogen (secondary N) is 1. The number of anilines is 1. The van der Waals surface area contributed by atoms with E-state index in [9.17, 15) is 9.59 Å². The second-order valence-electron chi connectivity index (χ2n) is 5.25. The number of carbonyl (C=O) groups excluding carboxylic acids is 2. The average molecular weight is 301 g/mol. The summed E-state index contributed by atoms with van der Waals surface area (Å²) < 4.78 is 6.24. The number of esters is 1. The van der Waals surface area contributed by atoms with Gasteiger partial charge in [0.2, 0.25) is 0 Å². The molecule has 0 aliphatic carbocycles. The molecule has 0 atom stereocenters. The summed E-state index contributed by atoms with van der Waals surface area (Å²) in [7, 11) is 2.98. The molecule has 0 unspecified atom stereocenters. The monoisotopic (exact) mass is 301 g/mol. The zero-order valence-electron chi connectivity index (χ0n) is 13.4. The number of benzene rings is 1. The Labute approximate surface area is 129 Å². The van der Waals surface area contributed by atoms with Crippen molar-refractivity contribution in [2.75, 3.05) is 12.4 Å². The van der Waals surface area contributed by atoms with Gasteiger partial charge in [-0.05, 0) is 32.9 Å². The van der Waals surface area contributed by atoms with Gasteiger partial charge < -0.3 is 10.1 Å². The highest BCUT2D eigenvalue weighted by Crippen LogP contribution is 2.21. The first-order valence-corrected chi connectivity index (χ1v) is 6.85. The van der Waals surface area contributed by atoms with Gasteiger partial charge in [0, 0.05) is 12.6 Å². The number of ether oxygens (including phenoxy) is 1. The van der Waals surface area contributed by atoms with Crippen LogP contribution in [0.5, 0.6) is 0 Å². The molecule has 116 valence electrons. The van der Waals surface area contributed by atoms with E-state index in [2.05, 4.69) is 10.4 Å². The van der Waals surface area contributed by atoms with Crippen molar-refractivity contribution in [3.63, 3.8) is 0 Å². The van der Waals surface area contributed by atoms with E-state index in [0.29, 0.717) is 16.9 Å². The predicted octanol–water partition coefficient (Wildman–Crippen LogP) is 2.38. The van der Waals surface area contributed by atoms with Crippen LogP contribution in [0.25, 0.3) is 0 Å².